The Hall–Kier alpha value is -3.02. The van der Waals surface area contributed by atoms with Crippen LogP contribution in [-0.4, -0.2) is 19.4 Å². The van der Waals surface area contributed by atoms with Gasteiger partial charge in [-0.15, -0.1) is 0 Å². The number of hydrazone groups is 1. The molecule has 2 aromatic carbocycles. The first-order valence-corrected chi connectivity index (χ1v) is 7.04. The smallest absolute Gasteiger partial charge is 0.332 e. The van der Waals surface area contributed by atoms with Crippen molar-refractivity contribution in [1.82, 2.24) is 5.43 Å². The quantitative estimate of drug-likeness (QED) is 0.635. The number of para-hydroxylation sites is 1. The maximum atomic E-state index is 10.7. The minimum atomic E-state index is -0.730. The lowest BCUT2D eigenvalue weighted by molar-refractivity contribution is 0.249. The van der Waals surface area contributed by atoms with Crippen LogP contribution < -0.4 is 20.6 Å². The van der Waals surface area contributed by atoms with Gasteiger partial charge in [-0.3, -0.25) is 0 Å². The number of carbonyl (C=O) groups excluding carboxylic acids is 1. The summed E-state index contributed by atoms with van der Waals surface area (Å²) in [7, 11) is 1.57. The Morgan fingerprint density at radius 2 is 2.00 bits per heavy atom. The van der Waals surface area contributed by atoms with Crippen molar-refractivity contribution in [2.24, 2.45) is 10.8 Å². The molecule has 0 aliphatic rings. The van der Waals surface area contributed by atoms with Gasteiger partial charge in [-0.25, -0.2) is 10.2 Å². The fraction of sp³-hybridized carbons (Fsp3) is 0.176. The summed E-state index contributed by atoms with van der Waals surface area (Å²) < 4.78 is 11.2. The van der Waals surface area contributed by atoms with Crippen LogP contribution in [0, 0.1) is 6.92 Å². The first-order valence-electron chi connectivity index (χ1n) is 7.04. The van der Waals surface area contributed by atoms with E-state index in [0.717, 1.165) is 5.56 Å². The van der Waals surface area contributed by atoms with E-state index in [4.69, 9.17) is 15.2 Å². The first kappa shape index (κ1) is 16.4. The molecule has 3 N–H and O–H groups in total. The van der Waals surface area contributed by atoms with Crippen molar-refractivity contribution in [1.29, 1.82) is 0 Å². The molecule has 0 fully saturated rings. The molecule has 120 valence electrons. The highest BCUT2D eigenvalue weighted by Crippen LogP contribution is 2.30. The minimum absolute atomic E-state index is 0.394. The third-order valence-corrected chi connectivity index (χ3v) is 3.11. The highest BCUT2D eigenvalue weighted by Gasteiger charge is 2.09. The third-order valence-electron chi connectivity index (χ3n) is 3.11. The lowest BCUT2D eigenvalue weighted by Crippen LogP contribution is -2.24. The van der Waals surface area contributed by atoms with Crippen molar-refractivity contribution in [3.63, 3.8) is 0 Å². The fourth-order valence-corrected chi connectivity index (χ4v) is 1.95. The zero-order valence-corrected chi connectivity index (χ0v) is 13.1. The maximum Gasteiger partial charge on any atom is 0.332 e. The van der Waals surface area contributed by atoms with Crippen LogP contribution in [-0.2, 0) is 6.61 Å². The van der Waals surface area contributed by atoms with E-state index in [9.17, 15) is 4.79 Å². The molecule has 6 nitrogen and oxygen atoms in total. The number of carbonyl (C=O) groups is 1. The highest BCUT2D eigenvalue weighted by molar-refractivity contribution is 5.86. The van der Waals surface area contributed by atoms with Crippen molar-refractivity contribution in [3.8, 4) is 11.5 Å². The number of amides is 2. The SMILES string of the molecule is COc1cccc(/C=N/NC(N)=O)c1OCc1ccc(C)cc1. The summed E-state index contributed by atoms with van der Waals surface area (Å²) in [5.74, 6) is 1.13. The van der Waals surface area contributed by atoms with Gasteiger partial charge in [0.25, 0.3) is 0 Å². The molecular formula is C17H19N3O3. The summed E-state index contributed by atoms with van der Waals surface area (Å²) in [6.45, 7) is 2.43. The molecule has 0 spiro atoms. The van der Waals surface area contributed by atoms with E-state index in [1.54, 1.807) is 19.2 Å². The van der Waals surface area contributed by atoms with Crippen LogP contribution in [0.1, 0.15) is 16.7 Å². The van der Waals surface area contributed by atoms with Crippen LogP contribution in [0.3, 0.4) is 0 Å². The molecule has 0 aliphatic heterocycles. The van der Waals surface area contributed by atoms with Gasteiger partial charge in [-0.2, -0.15) is 5.10 Å². The number of methoxy groups -OCH3 is 1. The lowest BCUT2D eigenvalue weighted by Gasteiger charge is -2.13. The van der Waals surface area contributed by atoms with Gasteiger partial charge in [0.15, 0.2) is 11.5 Å². The monoisotopic (exact) mass is 313 g/mol. The Bertz CT molecular complexity index is 697. The number of benzene rings is 2. The van der Waals surface area contributed by atoms with E-state index in [1.165, 1.54) is 11.8 Å². The number of ether oxygens (including phenoxy) is 2. The Kier molecular flexibility index (Phi) is 5.57. The van der Waals surface area contributed by atoms with Crippen LogP contribution >= 0.6 is 0 Å². The maximum absolute atomic E-state index is 10.7. The number of nitrogens with two attached hydrogens (primary N) is 1. The molecule has 0 heterocycles. The predicted octanol–water partition coefficient (Wildman–Crippen LogP) is 2.58. The third kappa shape index (κ3) is 4.74. The summed E-state index contributed by atoms with van der Waals surface area (Å²) in [5, 5.41) is 3.76. The van der Waals surface area contributed by atoms with Gasteiger partial charge in [-0.1, -0.05) is 35.9 Å². The zero-order chi connectivity index (χ0) is 16.7. The number of hydrogen-bond donors (Lipinski definition) is 2. The van der Waals surface area contributed by atoms with E-state index >= 15 is 0 Å². The lowest BCUT2D eigenvalue weighted by atomic mass is 10.1. The summed E-state index contributed by atoms with van der Waals surface area (Å²) in [4.78, 5) is 10.7. The molecule has 0 bridgehead atoms. The van der Waals surface area contributed by atoms with Crippen LogP contribution in [0.15, 0.2) is 47.6 Å². The molecule has 0 atom stereocenters. The Labute approximate surface area is 134 Å². The summed E-state index contributed by atoms with van der Waals surface area (Å²) >= 11 is 0. The van der Waals surface area contributed by atoms with E-state index in [2.05, 4.69) is 10.5 Å². The molecule has 2 amide bonds. The van der Waals surface area contributed by atoms with Crippen molar-refractivity contribution >= 4 is 12.2 Å². The number of rotatable bonds is 6. The Balaban J connectivity index is 2.19. The summed E-state index contributed by atoms with van der Waals surface area (Å²) in [5.41, 5.74) is 10.0. The minimum Gasteiger partial charge on any atom is -0.493 e. The number of hydrogen-bond acceptors (Lipinski definition) is 4. The van der Waals surface area contributed by atoms with Crippen molar-refractivity contribution in [3.05, 3.63) is 59.2 Å². The second kappa shape index (κ2) is 7.84. The molecule has 0 unspecified atom stereocenters. The van der Waals surface area contributed by atoms with E-state index in [1.807, 2.05) is 37.3 Å². The molecule has 0 radical (unpaired) electrons. The number of urea groups is 1. The number of nitrogens with one attached hydrogen (secondary N) is 1. The molecule has 2 aromatic rings. The molecule has 2 rings (SSSR count). The predicted molar refractivity (Wildman–Crippen MR) is 88.8 cm³/mol. The van der Waals surface area contributed by atoms with Gasteiger partial charge < -0.3 is 15.2 Å². The molecule has 0 saturated carbocycles. The molecular weight excluding hydrogens is 294 g/mol. The molecule has 0 aromatic heterocycles. The second-order valence-corrected chi connectivity index (χ2v) is 4.89. The fourth-order valence-electron chi connectivity index (χ4n) is 1.95. The molecule has 6 heteroatoms. The normalized spacial score (nSPS) is 10.5. The standard InChI is InChI=1S/C17H19N3O3/c1-12-6-8-13(9-7-12)11-23-16-14(10-19-20-17(18)21)4-3-5-15(16)22-2/h3-10H,11H2,1-2H3,(H3,18,20,21)/b19-10+. The largest absolute Gasteiger partial charge is 0.493 e. The van der Waals surface area contributed by atoms with Crippen molar-refractivity contribution in [2.45, 2.75) is 13.5 Å². The summed E-state index contributed by atoms with van der Waals surface area (Å²) in [6, 6.07) is 12.7. The average molecular weight is 313 g/mol. The van der Waals surface area contributed by atoms with Crippen LogP contribution in [0.5, 0.6) is 11.5 Å². The van der Waals surface area contributed by atoms with Crippen LogP contribution in [0.2, 0.25) is 0 Å². The molecule has 0 saturated heterocycles. The van der Waals surface area contributed by atoms with Gasteiger partial charge in [0.05, 0.1) is 13.3 Å². The first-order chi connectivity index (χ1) is 11.1. The Morgan fingerprint density at radius 1 is 1.26 bits per heavy atom. The van der Waals surface area contributed by atoms with E-state index in [0.29, 0.717) is 23.7 Å². The molecule has 23 heavy (non-hydrogen) atoms. The van der Waals surface area contributed by atoms with Gasteiger partial charge in [0.1, 0.15) is 6.61 Å². The van der Waals surface area contributed by atoms with Gasteiger partial charge in [0, 0.05) is 5.56 Å². The van der Waals surface area contributed by atoms with Crippen molar-refractivity contribution < 1.29 is 14.3 Å². The van der Waals surface area contributed by atoms with Gasteiger partial charge >= 0.3 is 6.03 Å². The van der Waals surface area contributed by atoms with Gasteiger partial charge in [0.2, 0.25) is 0 Å². The van der Waals surface area contributed by atoms with E-state index < -0.39 is 6.03 Å². The highest BCUT2D eigenvalue weighted by atomic mass is 16.5. The zero-order valence-electron chi connectivity index (χ0n) is 13.1. The average Bonchev–Trinajstić information content (AvgIpc) is 2.54. The second-order valence-electron chi connectivity index (χ2n) is 4.89. The topological polar surface area (TPSA) is 85.9 Å². The van der Waals surface area contributed by atoms with Crippen LogP contribution in [0.25, 0.3) is 0 Å². The number of primary amides is 1. The number of nitrogens with zero attached hydrogens (tertiary/aromatic N) is 1. The summed E-state index contributed by atoms with van der Waals surface area (Å²) in [6.07, 6.45) is 1.46. The van der Waals surface area contributed by atoms with Crippen molar-refractivity contribution in [2.75, 3.05) is 7.11 Å². The molecule has 0 aliphatic carbocycles. The van der Waals surface area contributed by atoms with Gasteiger partial charge in [-0.05, 0) is 24.6 Å². The van der Waals surface area contributed by atoms with Crippen LogP contribution in [0.4, 0.5) is 4.79 Å². The number of aryl methyl sites for hydroxylation is 1. The van der Waals surface area contributed by atoms with E-state index in [-0.39, 0.29) is 0 Å². The Morgan fingerprint density at radius 3 is 2.65 bits per heavy atom.